The second kappa shape index (κ2) is 4.45. The SMILES string of the molecule is CCOC(=O)c1cccc(C(N)=O)c1N. The Morgan fingerprint density at radius 2 is 1.93 bits per heavy atom. The average molecular weight is 208 g/mol. The lowest BCUT2D eigenvalue weighted by Gasteiger charge is -2.07. The van der Waals surface area contributed by atoms with Crippen molar-refractivity contribution in [2.75, 3.05) is 12.3 Å². The summed E-state index contributed by atoms with van der Waals surface area (Å²) in [6.45, 7) is 1.94. The molecule has 0 aliphatic heterocycles. The number of ether oxygens (including phenoxy) is 1. The van der Waals surface area contributed by atoms with Gasteiger partial charge in [0.25, 0.3) is 5.91 Å². The summed E-state index contributed by atoms with van der Waals surface area (Å²) in [4.78, 5) is 22.3. The van der Waals surface area contributed by atoms with E-state index >= 15 is 0 Å². The van der Waals surface area contributed by atoms with Crippen molar-refractivity contribution in [2.24, 2.45) is 5.73 Å². The van der Waals surface area contributed by atoms with Crippen LogP contribution in [0.2, 0.25) is 0 Å². The first-order valence-electron chi connectivity index (χ1n) is 4.43. The highest BCUT2D eigenvalue weighted by atomic mass is 16.5. The van der Waals surface area contributed by atoms with Crippen molar-refractivity contribution in [1.29, 1.82) is 0 Å². The fourth-order valence-corrected chi connectivity index (χ4v) is 1.17. The van der Waals surface area contributed by atoms with Crippen molar-refractivity contribution in [1.82, 2.24) is 0 Å². The molecule has 0 saturated heterocycles. The maximum Gasteiger partial charge on any atom is 0.340 e. The molecule has 0 radical (unpaired) electrons. The Kier molecular flexibility index (Phi) is 3.28. The quantitative estimate of drug-likeness (QED) is 0.560. The van der Waals surface area contributed by atoms with Crippen LogP contribution < -0.4 is 11.5 Å². The zero-order valence-corrected chi connectivity index (χ0v) is 8.32. The highest BCUT2D eigenvalue weighted by molar-refractivity contribution is 6.04. The molecule has 80 valence electrons. The maximum absolute atomic E-state index is 11.4. The maximum atomic E-state index is 11.4. The van der Waals surface area contributed by atoms with E-state index in [9.17, 15) is 9.59 Å². The Balaban J connectivity index is 3.15. The number of anilines is 1. The summed E-state index contributed by atoms with van der Waals surface area (Å²) in [7, 11) is 0. The van der Waals surface area contributed by atoms with Crippen molar-refractivity contribution < 1.29 is 14.3 Å². The first-order valence-corrected chi connectivity index (χ1v) is 4.43. The van der Waals surface area contributed by atoms with E-state index in [-0.39, 0.29) is 23.4 Å². The molecular weight excluding hydrogens is 196 g/mol. The highest BCUT2D eigenvalue weighted by Crippen LogP contribution is 2.17. The number of para-hydroxylation sites is 1. The van der Waals surface area contributed by atoms with E-state index in [4.69, 9.17) is 16.2 Å². The van der Waals surface area contributed by atoms with E-state index in [1.165, 1.54) is 18.2 Å². The molecule has 0 heterocycles. The van der Waals surface area contributed by atoms with E-state index < -0.39 is 11.9 Å². The number of carbonyl (C=O) groups excluding carboxylic acids is 2. The summed E-state index contributed by atoms with van der Waals surface area (Å²) in [6.07, 6.45) is 0. The number of hydrogen-bond acceptors (Lipinski definition) is 4. The Morgan fingerprint density at radius 3 is 2.47 bits per heavy atom. The molecule has 0 aliphatic carbocycles. The Labute approximate surface area is 87.0 Å². The van der Waals surface area contributed by atoms with Crippen LogP contribution >= 0.6 is 0 Å². The fraction of sp³-hybridized carbons (Fsp3) is 0.200. The number of carbonyl (C=O) groups is 2. The second-order valence-electron chi connectivity index (χ2n) is 2.85. The number of hydrogen-bond donors (Lipinski definition) is 2. The number of esters is 1. The number of rotatable bonds is 3. The highest BCUT2D eigenvalue weighted by Gasteiger charge is 2.15. The molecule has 0 spiro atoms. The average Bonchev–Trinajstić information content (AvgIpc) is 2.17. The number of primary amides is 1. The van der Waals surface area contributed by atoms with Gasteiger partial charge in [-0.05, 0) is 19.1 Å². The third kappa shape index (κ3) is 2.25. The molecule has 0 atom stereocenters. The zero-order chi connectivity index (χ0) is 11.4. The summed E-state index contributed by atoms with van der Waals surface area (Å²) in [5.74, 6) is -1.23. The third-order valence-corrected chi connectivity index (χ3v) is 1.87. The van der Waals surface area contributed by atoms with Crippen LogP contribution in [-0.2, 0) is 4.74 Å². The summed E-state index contributed by atoms with van der Waals surface area (Å²) in [6, 6.07) is 4.48. The van der Waals surface area contributed by atoms with Gasteiger partial charge < -0.3 is 16.2 Å². The Morgan fingerprint density at radius 1 is 1.33 bits per heavy atom. The van der Waals surface area contributed by atoms with Crippen LogP contribution in [-0.4, -0.2) is 18.5 Å². The van der Waals surface area contributed by atoms with E-state index in [1.807, 2.05) is 0 Å². The van der Waals surface area contributed by atoms with Crippen molar-refractivity contribution in [3.05, 3.63) is 29.3 Å². The summed E-state index contributed by atoms with van der Waals surface area (Å²) < 4.78 is 4.77. The number of benzene rings is 1. The molecule has 1 amide bonds. The van der Waals surface area contributed by atoms with E-state index in [0.29, 0.717) is 0 Å². The lowest BCUT2D eigenvalue weighted by Crippen LogP contribution is -2.16. The molecule has 1 aromatic carbocycles. The minimum Gasteiger partial charge on any atom is -0.462 e. The van der Waals surface area contributed by atoms with Crippen molar-refractivity contribution in [2.45, 2.75) is 6.92 Å². The summed E-state index contributed by atoms with van der Waals surface area (Å²) in [5, 5.41) is 0. The molecule has 0 unspecified atom stereocenters. The van der Waals surface area contributed by atoms with Crippen molar-refractivity contribution in [3.8, 4) is 0 Å². The Hall–Kier alpha value is -2.04. The van der Waals surface area contributed by atoms with Crippen LogP contribution in [0.15, 0.2) is 18.2 Å². The first kappa shape index (κ1) is 11.0. The van der Waals surface area contributed by atoms with Gasteiger partial charge in [0.1, 0.15) is 0 Å². The predicted molar refractivity (Wildman–Crippen MR) is 55.3 cm³/mol. The van der Waals surface area contributed by atoms with Gasteiger partial charge in [-0.25, -0.2) is 4.79 Å². The topological polar surface area (TPSA) is 95.4 Å². The first-order chi connectivity index (χ1) is 7.07. The van der Waals surface area contributed by atoms with E-state index in [0.717, 1.165) is 0 Å². The van der Waals surface area contributed by atoms with Crippen molar-refractivity contribution in [3.63, 3.8) is 0 Å². The van der Waals surface area contributed by atoms with Gasteiger partial charge >= 0.3 is 5.97 Å². The standard InChI is InChI=1S/C10H12N2O3/c1-2-15-10(14)7-5-3-4-6(8(7)11)9(12)13/h3-5H,2,11H2,1H3,(H2,12,13). The van der Waals surface area contributed by atoms with Gasteiger partial charge in [-0.3, -0.25) is 4.79 Å². The normalized spacial score (nSPS) is 9.67. The number of nitrogen functional groups attached to an aromatic ring is 1. The van der Waals surface area contributed by atoms with Crippen LogP contribution in [0.5, 0.6) is 0 Å². The molecule has 1 rings (SSSR count). The van der Waals surface area contributed by atoms with E-state index in [2.05, 4.69) is 0 Å². The lowest BCUT2D eigenvalue weighted by atomic mass is 10.1. The Bertz CT molecular complexity index is 402. The molecule has 5 heteroatoms. The van der Waals surface area contributed by atoms with Crippen LogP contribution in [0, 0.1) is 0 Å². The largest absolute Gasteiger partial charge is 0.462 e. The molecule has 0 bridgehead atoms. The summed E-state index contributed by atoms with van der Waals surface area (Å²) in [5.41, 5.74) is 11.0. The van der Waals surface area contributed by atoms with Gasteiger partial charge in [-0.15, -0.1) is 0 Å². The van der Waals surface area contributed by atoms with Gasteiger partial charge in [0.05, 0.1) is 23.4 Å². The molecule has 0 saturated carbocycles. The minimum absolute atomic E-state index is 0.0588. The number of nitrogens with two attached hydrogens (primary N) is 2. The molecule has 4 N–H and O–H groups in total. The molecule has 0 aliphatic rings. The third-order valence-electron chi connectivity index (χ3n) is 1.87. The van der Waals surface area contributed by atoms with Crippen LogP contribution in [0.4, 0.5) is 5.69 Å². The second-order valence-corrected chi connectivity index (χ2v) is 2.85. The smallest absolute Gasteiger partial charge is 0.340 e. The minimum atomic E-state index is -0.668. The van der Waals surface area contributed by atoms with Crippen LogP contribution in [0.1, 0.15) is 27.6 Å². The van der Waals surface area contributed by atoms with E-state index in [1.54, 1.807) is 6.92 Å². The molecule has 0 aromatic heterocycles. The lowest BCUT2D eigenvalue weighted by molar-refractivity contribution is 0.0527. The predicted octanol–water partition coefficient (Wildman–Crippen LogP) is 0.544. The molecular formula is C10H12N2O3. The van der Waals surface area contributed by atoms with Gasteiger partial charge in [-0.2, -0.15) is 0 Å². The number of amides is 1. The zero-order valence-electron chi connectivity index (χ0n) is 8.32. The van der Waals surface area contributed by atoms with Gasteiger partial charge in [0, 0.05) is 0 Å². The molecule has 0 fully saturated rings. The van der Waals surface area contributed by atoms with Gasteiger partial charge in [0.15, 0.2) is 0 Å². The van der Waals surface area contributed by atoms with Crippen molar-refractivity contribution >= 4 is 17.6 Å². The molecule has 15 heavy (non-hydrogen) atoms. The molecule has 5 nitrogen and oxygen atoms in total. The fourth-order valence-electron chi connectivity index (χ4n) is 1.17. The van der Waals surface area contributed by atoms with Crippen LogP contribution in [0.3, 0.4) is 0 Å². The summed E-state index contributed by atoms with van der Waals surface area (Å²) >= 11 is 0. The monoisotopic (exact) mass is 208 g/mol. The van der Waals surface area contributed by atoms with Gasteiger partial charge in [0.2, 0.25) is 0 Å². The van der Waals surface area contributed by atoms with Crippen LogP contribution in [0.25, 0.3) is 0 Å². The molecule has 1 aromatic rings. The van der Waals surface area contributed by atoms with Gasteiger partial charge in [-0.1, -0.05) is 6.07 Å².